The zero-order chi connectivity index (χ0) is 15.4. The minimum atomic E-state index is -1.01. The molecule has 0 radical (unpaired) electrons. The second-order valence-corrected chi connectivity index (χ2v) is 5.15. The van der Waals surface area contributed by atoms with E-state index < -0.39 is 24.8 Å². The predicted octanol–water partition coefficient (Wildman–Crippen LogP) is 0.186. The molecule has 108 valence electrons. The first-order valence-corrected chi connectivity index (χ1v) is 6.54. The molecule has 0 aliphatic carbocycles. The van der Waals surface area contributed by atoms with Crippen molar-refractivity contribution in [3.63, 3.8) is 0 Å². The zero-order valence-electron chi connectivity index (χ0n) is 12.4. The Labute approximate surface area is 119 Å². The molecule has 0 saturated heterocycles. The van der Waals surface area contributed by atoms with Gasteiger partial charge in [0.05, 0.1) is 6.42 Å². The second kappa shape index (κ2) is 6.57. The zero-order valence-corrected chi connectivity index (χ0v) is 12.4. The molecule has 5 nitrogen and oxygen atoms in total. The fourth-order valence-corrected chi connectivity index (χ4v) is 2.05. The van der Waals surface area contributed by atoms with Crippen molar-refractivity contribution in [1.29, 1.82) is 0 Å². The monoisotopic (exact) mass is 276 g/mol. The van der Waals surface area contributed by atoms with Crippen LogP contribution in [0.25, 0.3) is 0 Å². The van der Waals surface area contributed by atoms with E-state index in [1.54, 1.807) is 6.82 Å². The molecule has 20 heavy (non-hydrogen) atoms. The number of carbonyl (C=O) groups excluding carboxylic acids is 2. The molecule has 0 spiro atoms. The normalized spacial score (nSPS) is 11.8. The molecule has 1 amide bonds. The number of primary amides is 1. The highest BCUT2D eigenvalue weighted by Crippen LogP contribution is 2.09. The standard InChI is InChI=1S/C14H21BN2O3/c1-8-5-10(3)11(6-9(8)2)15(4)20-14(19)12(16)7-13(17)18/h5-6,12H,7,16H2,1-4H3,(H2,17,18). The van der Waals surface area contributed by atoms with Gasteiger partial charge in [-0.3, -0.25) is 9.59 Å². The Morgan fingerprint density at radius 2 is 1.75 bits per heavy atom. The van der Waals surface area contributed by atoms with Gasteiger partial charge < -0.3 is 16.1 Å². The minimum Gasteiger partial charge on any atom is -0.530 e. The summed E-state index contributed by atoms with van der Waals surface area (Å²) in [7, 11) is 0. The Morgan fingerprint density at radius 1 is 1.20 bits per heavy atom. The van der Waals surface area contributed by atoms with Crippen molar-refractivity contribution in [1.82, 2.24) is 0 Å². The topological polar surface area (TPSA) is 95.4 Å². The van der Waals surface area contributed by atoms with Gasteiger partial charge in [0, 0.05) is 0 Å². The van der Waals surface area contributed by atoms with Crippen LogP contribution in [0.1, 0.15) is 23.1 Å². The van der Waals surface area contributed by atoms with Gasteiger partial charge in [-0.05, 0) is 44.2 Å². The lowest BCUT2D eigenvalue weighted by Gasteiger charge is -2.17. The van der Waals surface area contributed by atoms with Gasteiger partial charge >= 0.3 is 12.9 Å². The summed E-state index contributed by atoms with van der Waals surface area (Å²) in [5.74, 6) is -1.24. The minimum absolute atomic E-state index is 0.211. The Hall–Kier alpha value is -1.82. The molecule has 0 aliphatic rings. The summed E-state index contributed by atoms with van der Waals surface area (Å²) in [5, 5.41) is 0. The summed E-state index contributed by atoms with van der Waals surface area (Å²) >= 11 is 0. The lowest BCUT2D eigenvalue weighted by molar-refractivity contribution is -0.137. The summed E-state index contributed by atoms with van der Waals surface area (Å²) in [4.78, 5) is 22.5. The van der Waals surface area contributed by atoms with E-state index in [-0.39, 0.29) is 6.42 Å². The van der Waals surface area contributed by atoms with Crippen LogP contribution in [0, 0.1) is 20.8 Å². The number of amides is 1. The summed E-state index contributed by atoms with van der Waals surface area (Å²) in [5.41, 5.74) is 14.9. The van der Waals surface area contributed by atoms with Crippen LogP contribution in [0.4, 0.5) is 0 Å². The molecule has 1 aromatic carbocycles. The summed E-state index contributed by atoms with van der Waals surface area (Å²) in [6.45, 7) is 7.37. The van der Waals surface area contributed by atoms with Crippen molar-refractivity contribution < 1.29 is 14.2 Å². The van der Waals surface area contributed by atoms with Gasteiger partial charge in [0.15, 0.2) is 0 Å². The third kappa shape index (κ3) is 4.10. The SMILES string of the molecule is CB(OC(=O)C(N)CC(N)=O)c1cc(C)c(C)cc1C. The molecule has 1 atom stereocenters. The van der Waals surface area contributed by atoms with Gasteiger partial charge in [0.25, 0.3) is 0 Å². The first-order valence-electron chi connectivity index (χ1n) is 6.54. The summed E-state index contributed by atoms with van der Waals surface area (Å²) in [6, 6.07) is 3.04. The van der Waals surface area contributed by atoms with E-state index in [2.05, 4.69) is 6.07 Å². The van der Waals surface area contributed by atoms with Crippen LogP contribution >= 0.6 is 0 Å². The summed E-state index contributed by atoms with van der Waals surface area (Å²) < 4.78 is 5.30. The van der Waals surface area contributed by atoms with E-state index >= 15 is 0 Å². The average Bonchev–Trinajstić information content (AvgIpc) is 2.32. The molecule has 4 N–H and O–H groups in total. The molecule has 0 aromatic heterocycles. The number of nitrogens with two attached hydrogens (primary N) is 2. The van der Waals surface area contributed by atoms with Gasteiger partial charge in [0.2, 0.25) is 5.91 Å². The van der Waals surface area contributed by atoms with Crippen molar-refractivity contribution in [3.05, 3.63) is 28.8 Å². The summed E-state index contributed by atoms with van der Waals surface area (Å²) in [6.07, 6.45) is -0.211. The van der Waals surface area contributed by atoms with Gasteiger partial charge in [0.1, 0.15) is 6.04 Å². The van der Waals surface area contributed by atoms with Crippen molar-refractivity contribution in [3.8, 4) is 0 Å². The van der Waals surface area contributed by atoms with E-state index in [0.717, 1.165) is 16.6 Å². The van der Waals surface area contributed by atoms with Crippen LogP contribution in [0.5, 0.6) is 0 Å². The quantitative estimate of drug-likeness (QED) is 0.750. The average molecular weight is 276 g/mol. The lowest BCUT2D eigenvalue weighted by atomic mass is 9.61. The van der Waals surface area contributed by atoms with E-state index in [4.69, 9.17) is 16.1 Å². The van der Waals surface area contributed by atoms with Crippen LogP contribution in [0.3, 0.4) is 0 Å². The molecular formula is C14H21BN2O3. The smallest absolute Gasteiger partial charge is 0.392 e. The first-order chi connectivity index (χ1) is 9.22. The third-order valence-corrected chi connectivity index (χ3v) is 3.34. The van der Waals surface area contributed by atoms with Gasteiger partial charge in [-0.15, -0.1) is 0 Å². The molecule has 0 bridgehead atoms. The van der Waals surface area contributed by atoms with Crippen molar-refractivity contribution in [2.45, 2.75) is 40.1 Å². The maximum Gasteiger partial charge on any atom is 0.392 e. The molecule has 0 saturated carbocycles. The van der Waals surface area contributed by atoms with E-state index in [1.165, 1.54) is 5.56 Å². The molecule has 6 heteroatoms. The number of rotatable bonds is 5. The fourth-order valence-electron chi connectivity index (χ4n) is 2.05. The maximum absolute atomic E-state index is 11.8. The number of hydrogen-bond donors (Lipinski definition) is 2. The van der Waals surface area contributed by atoms with Crippen molar-refractivity contribution in [2.75, 3.05) is 0 Å². The fraction of sp³-hybridized carbons (Fsp3) is 0.429. The Kier molecular flexibility index (Phi) is 5.33. The Balaban J connectivity index is 2.81. The molecule has 0 heterocycles. The van der Waals surface area contributed by atoms with Gasteiger partial charge in [-0.2, -0.15) is 0 Å². The molecule has 0 aliphatic heterocycles. The molecule has 1 rings (SSSR count). The number of hydrogen-bond acceptors (Lipinski definition) is 4. The van der Waals surface area contributed by atoms with Crippen molar-refractivity contribution in [2.24, 2.45) is 11.5 Å². The highest BCUT2D eigenvalue weighted by atomic mass is 16.5. The van der Waals surface area contributed by atoms with Crippen LogP contribution in [0.2, 0.25) is 6.82 Å². The van der Waals surface area contributed by atoms with Crippen molar-refractivity contribution >= 4 is 24.3 Å². The van der Waals surface area contributed by atoms with Crippen LogP contribution in [-0.2, 0) is 14.2 Å². The number of carbonyl (C=O) groups is 2. The second-order valence-electron chi connectivity index (χ2n) is 5.15. The van der Waals surface area contributed by atoms with Gasteiger partial charge in [-0.25, -0.2) is 0 Å². The van der Waals surface area contributed by atoms with E-state index in [0.29, 0.717) is 0 Å². The molecule has 1 unspecified atom stereocenters. The van der Waals surface area contributed by atoms with E-state index in [1.807, 2.05) is 26.8 Å². The van der Waals surface area contributed by atoms with E-state index in [9.17, 15) is 9.59 Å². The lowest BCUT2D eigenvalue weighted by Crippen LogP contribution is -2.42. The Morgan fingerprint density at radius 3 is 2.30 bits per heavy atom. The highest BCUT2D eigenvalue weighted by Gasteiger charge is 2.24. The number of aryl methyl sites for hydroxylation is 3. The maximum atomic E-state index is 11.8. The predicted molar refractivity (Wildman–Crippen MR) is 79.8 cm³/mol. The van der Waals surface area contributed by atoms with Gasteiger partial charge in [-0.1, -0.05) is 17.7 Å². The molecule has 1 aromatic rings. The van der Waals surface area contributed by atoms with Crippen LogP contribution in [0.15, 0.2) is 12.1 Å². The largest absolute Gasteiger partial charge is 0.530 e. The van der Waals surface area contributed by atoms with Crippen LogP contribution in [-0.4, -0.2) is 24.8 Å². The number of benzene rings is 1. The molecular weight excluding hydrogens is 255 g/mol. The molecule has 0 fully saturated rings. The third-order valence-electron chi connectivity index (χ3n) is 3.34. The van der Waals surface area contributed by atoms with Crippen LogP contribution < -0.4 is 16.9 Å². The highest BCUT2D eigenvalue weighted by molar-refractivity contribution is 6.68. The Bertz CT molecular complexity index is 531. The first kappa shape index (κ1) is 16.2.